The van der Waals surface area contributed by atoms with Gasteiger partial charge in [0, 0.05) is 6.61 Å². The Hall–Kier alpha value is -1.39. The molecule has 2 heterocycles. The molecule has 1 aliphatic carbocycles. The van der Waals surface area contributed by atoms with E-state index in [2.05, 4.69) is 34.2 Å². The van der Waals surface area contributed by atoms with E-state index in [1.807, 2.05) is 6.34 Å². The van der Waals surface area contributed by atoms with Gasteiger partial charge >= 0.3 is 0 Å². The van der Waals surface area contributed by atoms with Gasteiger partial charge in [-0.2, -0.15) is 0 Å². The van der Waals surface area contributed by atoms with Crippen molar-refractivity contribution >= 4 is 6.34 Å². The minimum atomic E-state index is -0.263. The monoisotopic (exact) mass is 314 g/mol. The van der Waals surface area contributed by atoms with Crippen molar-refractivity contribution in [2.24, 2.45) is 16.8 Å². The summed E-state index contributed by atoms with van der Waals surface area (Å²) in [5, 5.41) is 20.1. The molecular formula is C19H26N2O2. The molecule has 0 amide bonds. The molecular weight excluding hydrogens is 288 g/mol. The number of hydrogen-bond acceptors (Lipinski definition) is 4. The first-order valence-corrected chi connectivity index (χ1v) is 8.93. The van der Waals surface area contributed by atoms with Gasteiger partial charge in [0.05, 0.1) is 31.1 Å². The van der Waals surface area contributed by atoms with E-state index in [-0.39, 0.29) is 12.1 Å². The van der Waals surface area contributed by atoms with Gasteiger partial charge in [-0.25, -0.2) is 0 Å². The van der Waals surface area contributed by atoms with Gasteiger partial charge < -0.3 is 15.1 Å². The largest absolute Gasteiger partial charge is 0.396 e. The molecule has 0 bridgehead atoms. The minimum Gasteiger partial charge on any atom is -0.396 e. The third kappa shape index (κ3) is 2.68. The summed E-state index contributed by atoms with van der Waals surface area (Å²) >= 11 is 0. The fraction of sp³-hybridized carbons (Fsp3) is 0.632. The standard InChI is InChI=1S/C19H26N2O2/c22-11-13-5-7-14(8-6-13)19(23)9-17-15-3-1-2-4-16(15)18-10-20-12-21(17)18/h1-4,12-14,17-19,22-23H,5-11H2. The van der Waals surface area contributed by atoms with Gasteiger partial charge in [0.15, 0.2) is 0 Å². The second kappa shape index (κ2) is 6.25. The molecule has 3 atom stereocenters. The fourth-order valence-corrected chi connectivity index (χ4v) is 4.68. The molecule has 0 aromatic heterocycles. The van der Waals surface area contributed by atoms with E-state index in [0.29, 0.717) is 24.5 Å². The quantitative estimate of drug-likeness (QED) is 0.898. The molecule has 4 rings (SSSR count). The van der Waals surface area contributed by atoms with Crippen molar-refractivity contribution in [3.8, 4) is 0 Å². The van der Waals surface area contributed by atoms with E-state index < -0.39 is 0 Å². The Labute approximate surface area is 137 Å². The lowest BCUT2D eigenvalue weighted by Gasteiger charge is -2.33. The summed E-state index contributed by atoms with van der Waals surface area (Å²) in [6, 6.07) is 9.25. The molecule has 4 nitrogen and oxygen atoms in total. The van der Waals surface area contributed by atoms with Gasteiger partial charge in [-0.05, 0) is 55.1 Å². The first kappa shape index (κ1) is 15.2. The highest BCUT2D eigenvalue weighted by Crippen LogP contribution is 2.46. The maximum Gasteiger partial charge on any atom is 0.0861 e. The van der Waals surface area contributed by atoms with Crippen LogP contribution in [0.1, 0.15) is 55.3 Å². The number of nitrogens with zero attached hydrogens (tertiary/aromatic N) is 2. The van der Waals surface area contributed by atoms with Crippen molar-refractivity contribution < 1.29 is 10.2 Å². The van der Waals surface area contributed by atoms with Gasteiger partial charge in [0.1, 0.15) is 0 Å². The first-order valence-electron chi connectivity index (χ1n) is 8.93. The lowest BCUT2D eigenvalue weighted by atomic mass is 9.78. The molecule has 1 aromatic carbocycles. The van der Waals surface area contributed by atoms with Crippen molar-refractivity contribution in [1.29, 1.82) is 0 Å². The molecule has 3 aliphatic rings. The molecule has 0 spiro atoms. The predicted molar refractivity (Wildman–Crippen MR) is 90.3 cm³/mol. The number of rotatable bonds is 4. The summed E-state index contributed by atoms with van der Waals surface area (Å²) in [4.78, 5) is 6.79. The van der Waals surface area contributed by atoms with Crippen LogP contribution in [0.25, 0.3) is 0 Å². The molecule has 1 fully saturated rings. The van der Waals surface area contributed by atoms with Crippen molar-refractivity contribution in [2.75, 3.05) is 13.2 Å². The van der Waals surface area contributed by atoms with Crippen LogP contribution < -0.4 is 0 Å². The topological polar surface area (TPSA) is 56.1 Å². The van der Waals surface area contributed by atoms with Crippen molar-refractivity contribution in [2.45, 2.75) is 50.3 Å². The second-order valence-electron chi connectivity index (χ2n) is 7.35. The summed E-state index contributed by atoms with van der Waals surface area (Å²) < 4.78 is 0. The first-order chi connectivity index (χ1) is 11.3. The van der Waals surface area contributed by atoms with Gasteiger partial charge in [-0.15, -0.1) is 0 Å². The van der Waals surface area contributed by atoms with Crippen LogP contribution in [0.5, 0.6) is 0 Å². The second-order valence-corrected chi connectivity index (χ2v) is 7.35. The number of hydrogen-bond donors (Lipinski definition) is 2. The van der Waals surface area contributed by atoms with E-state index in [9.17, 15) is 10.2 Å². The summed E-state index contributed by atoms with van der Waals surface area (Å²) in [5.41, 5.74) is 2.75. The number of benzene rings is 1. The van der Waals surface area contributed by atoms with Crippen LogP contribution in [-0.4, -0.2) is 40.7 Å². The molecule has 1 aromatic rings. The molecule has 3 unspecified atom stereocenters. The Balaban J connectivity index is 1.47. The summed E-state index contributed by atoms with van der Waals surface area (Å²) in [7, 11) is 0. The van der Waals surface area contributed by atoms with Crippen LogP contribution in [0.2, 0.25) is 0 Å². The molecule has 0 saturated heterocycles. The third-order valence-electron chi connectivity index (χ3n) is 6.09. The van der Waals surface area contributed by atoms with Crippen molar-refractivity contribution in [3.05, 3.63) is 35.4 Å². The highest BCUT2D eigenvalue weighted by atomic mass is 16.3. The molecule has 0 radical (unpaired) electrons. The molecule has 1 saturated carbocycles. The molecule has 4 heteroatoms. The van der Waals surface area contributed by atoms with Crippen LogP contribution in [0.15, 0.2) is 29.3 Å². The number of aliphatic imine (C=N–C) groups is 1. The predicted octanol–water partition coefficient (Wildman–Crippen LogP) is 2.68. The van der Waals surface area contributed by atoms with Crippen LogP contribution in [0.3, 0.4) is 0 Å². The zero-order valence-corrected chi connectivity index (χ0v) is 13.5. The van der Waals surface area contributed by atoms with Crippen molar-refractivity contribution in [1.82, 2.24) is 4.90 Å². The maximum atomic E-state index is 10.8. The highest BCUT2D eigenvalue weighted by Gasteiger charge is 2.40. The van der Waals surface area contributed by atoms with Crippen LogP contribution >= 0.6 is 0 Å². The Morgan fingerprint density at radius 1 is 1.13 bits per heavy atom. The SMILES string of the molecule is OCC1CCC(C(O)CC2c3ccccc3C3CN=CN32)CC1. The summed E-state index contributed by atoms with van der Waals surface area (Å²) in [6.07, 6.45) is 6.68. The van der Waals surface area contributed by atoms with Crippen LogP contribution in [0, 0.1) is 11.8 Å². The normalized spacial score (nSPS) is 33.6. The lowest BCUT2D eigenvalue weighted by Crippen LogP contribution is -2.31. The Morgan fingerprint density at radius 2 is 1.87 bits per heavy atom. The van der Waals surface area contributed by atoms with E-state index in [1.54, 1.807) is 0 Å². The van der Waals surface area contributed by atoms with Crippen molar-refractivity contribution in [3.63, 3.8) is 0 Å². The van der Waals surface area contributed by atoms with Gasteiger partial charge in [0.2, 0.25) is 0 Å². The van der Waals surface area contributed by atoms with Gasteiger partial charge in [-0.3, -0.25) is 4.99 Å². The number of fused-ring (bicyclic) bond motifs is 3. The number of aliphatic hydroxyl groups excluding tert-OH is 2. The number of aliphatic hydroxyl groups is 2. The van der Waals surface area contributed by atoms with E-state index in [1.165, 1.54) is 11.1 Å². The molecule has 2 N–H and O–H groups in total. The van der Waals surface area contributed by atoms with Gasteiger partial charge in [-0.1, -0.05) is 24.3 Å². The van der Waals surface area contributed by atoms with Gasteiger partial charge in [0.25, 0.3) is 0 Å². The lowest BCUT2D eigenvalue weighted by molar-refractivity contribution is 0.0418. The Morgan fingerprint density at radius 3 is 2.61 bits per heavy atom. The Kier molecular flexibility index (Phi) is 4.12. The Bertz CT molecular complexity index is 580. The zero-order chi connectivity index (χ0) is 15.8. The highest BCUT2D eigenvalue weighted by molar-refractivity contribution is 5.63. The van der Waals surface area contributed by atoms with Crippen LogP contribution in [-0.2, 0) is 0 Å². The average Bonchev–Trinajstić information content (AvgIpc) is 3.18. The average molecular weight is 314 g/mol. The fourth-order valence-electron chi connectivity index (χ4n) is 4.68. The van der Waals surface area contributed by atoms with Crippen LogP contribution in [0.4, 0.5) is 0 Å². The maximum absolute atomic E-state index is 10.8. The summed E-state index contributed by atoms with van der Waals surface area (Å²) in [5.74, 6) is 0.823. The third-order valence-corrected chi connectivity index (χ3v) is 6.09. The van der Waals surface area contributed by atoms with E-state index in [4.69, 9.17) is 0 Å². The molecule has 2 aliphatic heterocycles. The zero-order valence-electron chi connectivity index (χ0n) is 13.5. The summed E-state index contributed by atoms with van der Waals surface area (Å²) in [6.45, 7) is 1.13. The van der Waals surface area contributed by atoms with E-state index in [0.717, 1.165) is 38.6 Å². The molecule has 23 heavy (non-hydrogen) atoms. The smallest absolute Gasteiger partial charge is 0.0861 e. The minimum absolute atomic E-state index is 0.257. The molecule has 124 valence electrons. The van der Waals surface area contributed by atoms with E-state index >= 15 is 0 Å².